The molecule has 0 aromatic carbocycles. The summed E-state index contributed by atoms with van der Waals surface area (Å²) in [6.45, 7) is 3.49. The summed E-state index contributed by atoms with van der Waals surface area (Å²) in [6.07, 6.45) is 7.43. The van der Waals surface area contributed by atoms with Crippen LogP contribution in [0.25, 0.3) is 0 Å². The molecule has 2 nitrogen and oxygen atoms in total. The van der Waals surface area contributed by atoms with Crippen molar-refractivity contribution in [2.24, 2.45) is 17.8 Å². The second-order valence-electron chi connectivity index (χ2n) is 5.31. The fourth-order valence-electron chi connectivity index (χ4n) is 3.50. The van der Waals surface area contributed by atoms with Gasteiger partial charge in [0.05, 0.1) is 6.10 Å². The molecule has 4 atom stereocenters. The number of aliphatic hydroxyl groups excluding tert-OH is 1. The van der Waals surface area contributed by atoms with Gasteiger partial charge in [-0.3, -0.25) is 0 Å². The molecule has 2 saturated carbocycles. The number of hydrogen-bond acceptors (Lipinski definition) is 2. The molecule has 0 aromatic rings. The molecule has 0 amide bonds. The molecule has 0 heterocycles. The molecular formula is C13H24O2. The van der Waals surface area contributed by atoms with E-state index >= 15 is 0 Å². The summed E-state index contributed by atoms with van der Waals surface area (Å²) in [4.78, 5) is 0. The molecule has 2 aliphatic carbocycles. The number of ether oxygens (including phenoxy) is 1. The second-order valence-corrected chi connectivity index (χ2v) is 5.31. The monoisotopic (exact) mass is 212 g/mol. The van der Waals surface area contributed by atoms with E-state index in [1.807, 2.05) is 6.92 Å². The average molecular weight is 212 g/mol. The third-order valence-electron chi connectivity index (χ3n) is 4.26. The quantitative estimate of drug-likeness (QED) is 0.686. The van der Waals surface area contributed by atoms with E-state index in [4.69, 9.17) is 4.74 Å². The molecule has 0 radical (unpaired) electrons. The highest BCUT2D eigenvalue weighted by Gasteiger charge is 2.39. The molecule has 0 aromatic heterocycles. The molecule has 1 N–H and O–H groups in total. The molecule has 2 heteroatoms. The van der Waals surface area contributed by atoms with Crippen LogP contribution in [0.5, 0.6) is 0 Å². The Hall–Kier alpha value is -0.0800. The minimum absolute atomic E-state index is 0.124. The Labute approximate surface area is 93.0 Å². The van der Waals surface area contributed by atoms with E-state index in [1.165, 1.54) is 25.7 Å². The third-order valence-corrected chi connectivity index (χ3v) is 4.26. The lowest BCUT2D eigenvalue weighted by Gasteiger charge is -2.24. The number of hydrogen-bond donors (Lipinski definition) is 1. The van der Waals surface area contributed by atoms with Crippen molar-refractivity contribution in [1.29, 1.82) is 0 Å². The van der Waals surface area contributed by atoms with Gasteiger partial charge >= 0.3 is 0 Å². The summed E-state index contributed by atoms with van der Waals surface area (Å²) in [5, 5.41) is 9.88. The number of rotatable bonds is 6. The van der Waals surface area contributed by atoms with Gasteiger partial charge in [-0.2, -0.15) is 0 Å². The fourth-order valence-corrected chi connectivity index (χ4v) is 3.50. The predicted molar refractivity (Wildman–Crippen MR) is 60.7 cm³/mol. The lowest BCUT2D eigenvalue weighted by atomic mass is 9.84. The highest BCUT2D eigenvalue weighted by Crippen LogP contribution is 2.49. The fraction of sp³-hybridized carbons (Fsp3) is 1.00. The van der Waals surface area contributed by atoms with E-state index in [0.717, 1.165) is 43.8 Å². The van der Waals surface area contributed by atoms with Gasteiger partial charge in [0.15, 0.2) is 0 Å². The Morgan fingerprint density at radius 3 is 2.80 bits per heavy atom. The first-order valence-electron chi connectivity index (χ1n) is 6.55. The maximum atomic E-state index is 9.88. The first-order valence-corrected chi connectivity index (χ1v) is 6.55. The first-order chi connectivity index (χ1) is 7.29. The summed E-state index contributed by atoms with van der Waals surface area (Å²) >= 11 is 0. The summed E-state index contributed by atoms with van der Waals surface area (Å²) in [7, 11) is 0. The number of aliphatic hydroxyl groups is 1. The zero-order valence-corrected chi connectivity index (χ0v) is 9.82. The van der Waals surface area contributed by atoms with E-state index in [2.05, 4.69) is 0 Å². The molecule has 15 heavy (non-hydrogen) atoms. The van der Waals surface area contributed by atoms with Gasteiger partial charge in [0.2, 0.25) is 0 Å². The van der Waals surface area contributed by atoms with E-state index in [1.54, 1.807) is 0 Å². The molecule has 2 fully saturated rings. The SMILES string of the molecule is CCOCCC(O)CC1CC2CCC1C2. The molecule has 2 rings (SSSR count). The Bertz CT molecular complexity index is 193. The second kappa shape index (κ2) is 5.31. The molecule has 0 saturated heterocycles. The Kier molecular flexibility index (Phi) is 4.04. The van der Waals surface area contributed by atoms with Crippen molar-refractivity contribution in [3.8, 4) is 0 Å². The predicted octanol–water partition coefficient (Wildman–Crippen LogP) is 2.60. The van der Waals surface area contributed by atoms with Crippen molar-refractivity contribution in [3.63, 3.8) is 0 Å². The largest absolute Gasteiger partial charge is 0.393 e. The topological polar surface area (TPSA) is 29.5 Å². The zero-order chi connectivity index (χ0) is 10.7. The summed E-state index contributed by atoms with van der Waals surface area (Å²) in [6, 6.07) is 0. The highest BCUT2D eigenvalue weighted by molar-refractivity contribution is 4.90. The van der Waals surface area contributed by atoms with Crippen molar-refractivity contribution < 1.29 is 9.84 Å². The van der Waals surface area contributed by atoms with Crippen LogP contribution < -0.4 is 0 Å². The van der Waals surface area contributed by atoms with Crippen LogP contribution in [-0.4, -0.2) is 24.4 Å². The molecule has 2 bridgehead atoms. The first kappa shape index (κ1) is 11.4. The Morgan fingerprint density at radius 2 is 2.20 bits per heavy atom. The molecule has 88 valence electrons. The van der Waals surface area contributed by atoms with Gasteiger partial charge in [0.1, 0.15) is 0 Å². The van der Waals surface area contributed by atoms with Crippen molar-refractivity contribution in [2.75, 3.05) is 13.2 Å². The molecule has 2 aliphatic rings. The maximum Gasteiger partial charge on any atom is 0.0565 e. The number of fused-ring (bicyclic) bond motifs is 2. The molecule has 0 spiro atoms. The highest BCUT2D eigenvalue weighted by atomic mass is 16.5. The van der Waals surface area contributed by atoms with Crippen LogP contribution in [0.2, 0.25) is 0 Å². The van der Waals surface area contributed by atoms with Crippen LogP contribution in [0.15, 0.2) is 0 Å². The van der Waals surface area contributed by atoms with Crippen LogP contribution in [0.3, 0.4) is 0 Å². The maximum absolute atomic E-state index is 9.88. The third kappa shape index (κ3) is 2.94. The van der Waals surface area contributed by atoms with Crippen LogP contribution in [0, 0.1) is 17.8 Å². The summed E-state index contributed by atoms with van der Waals surface area (Å²) in [5.41, 5.74) is 0. The van der Waals surface area contributed by atoms with Crippen molar-refractivity contribution in [1.82, 2.24) is 0 Å². The van der Waals surface area contributed by atoms with E-state index in [-0.39, 0.29) is 6.10 Å². The van der Waals surface area contributed by atoms with Crippen molar-refractivity contribution >= 4 is 0 Å². The molecule has 0 aliphatic heterocycles. The van der Waals surface area contributed by atoms with Gasteiger partial charge in [0.25, 0.3) is 0 Å². The van der Waals surface area contributed by atoms with Crippen LogP contribution in [0.1, 0.15) is 45.4 Å². The van der Waals surface area contributed by atoms with Gasteiger partial charge < -0.3 is 9.84 Å². The molecular weight excluding hydrogens is 188 g/mol. The smallest absolute Gasteiger partial charge is 0.0565 e. The van der Waals surface area contributed by atoms with Gasteiger partial charge in [-0.05, 0) is 56.8 Å². The normalized spacial score (nSPS) is 36.0. The standard InChI is InChI=1S/C13H24O2/c1-2-15-6-5-13(14)9-12-8-10-3-4-11(12)7-10/h10-14H,2-9H2,1H3. The minimum atomic E-state index is -0.124. The lowest BCUT2D eigenvalue weighted by molar-refractivity contribution is 0.0682. The Balaban J connectivity index is 1.64. The van der Waals surface area contributed by atoms with Gasteiger partial charge in [-0.25, -0.2) is 0 Å². The summed E-state index contributed by atoms with van der Waals surface area (Å²) in [5.74, 6) is 2.76. The van der Waals surface area contributed by atoms with Crippen LogP contribution in [-0.2, 0) is 4.74 Å². The minimum Gasteiger partial charge on any atom is -0.393 e. The lowest BCUT2D eigenvalue weighted by Crippen LogP contribution is -2.19. The van der Waals surface area contributed by atoms with E-state index in [9.17, 15) is 5.11 Å². The van der Waals surface area contributed by atoms with E-state index < -0.39 is 0 Å². The Morgan fingerprint density at radius 1 is 1.33 bits per heavy atom. The van der Waals surface area contributed by atoms with Crippen molar-refractivity contribution in [3.05, 3.63) is 0 Å². The molecule has 4 unspecified atom stereocenters. The van der Waals surface area contributed by atoms with E-state index in [0.29, 0.717) is 0 Å². The van der Waals surface area contributed by atoms with Crippen LogP contribution >= 0.6 is 0 Å². The van der Waals surface area contributed by atoms with Crippen molar-refractivity contribution in [2.45, 2.75) is 51.6 Å². The van der Waals surface area contributed by atoms with Gasteiger partial charge in [0, 0.05) is 13.2 Å². The van der Waals surface area contributed by atoms with Gasteiger partial charge in [-0.15, -0.1) is 0 Å². The summed E-state index contributed by atoms with van der Waals surface area (Å²) < 4.78 is 5.27. The van der Waals surface area contributed by atoms with Crippen LogP contribution in [0.4, 0.5) is 0 Å². The average Bonchev–Trinajstić information content (AvgIpc) is 2.79. The van der Waals surface area contributed by atoms with Gasteiger partial charge in [-0.1, -0.05) is 6.42 Å². The zero-order valence-electron chi connectivity index (χ0n) is 9.82.